The van der Waals surface area contributed by atoms with E-state index in [4.69, 9.17) is 11.6 Å². The largest absolute Gasteiger partial charge is 0.396 e. The maximum atomic E-state index is 11.9. The fourth-order valence-electron chi connectivity index (χ4n) is 2.48. The quantitative estimate of drug-likeness (QED) is 0.798. The highest BCUT2D eigenvalue weighted by Gasteiger charge is 2.25. The lowest BCUT2D eigenvalue weighted by Crippen LogP contribution is -2.45. The van der Waals surface area contributed by atoms with Crippen molar-refractivity contribution in [1.29, 1.82) is 0 Å². The molecule has 4 nitrogen and oxygen atoms in total. The van der Waals surface area contributed by atoms with Crippen LogP contribution in [0.2, 0.25) is 5.02 Å². The van der Waals surface area contributed by atoms with Crippen LogP contribution < -0.4 is 10.6 Å². The molecule has 2 unspecified atom stereocenters. The smallest absolute Gasteiger partial charge is 0.319 e. The van der Waals surface area contributed by atoms with Crippen molar-refractivity contribution in [3.05, 3.63) is 29.3 Å². The molecular formula is C14H19ClN2O2. The first-order valence-corrected chi connectivity index (χ1v) is 7.01. The molecule has 3 N–H and O–H groups in total. The van der Waals surface area contributed by atoms with Gasteiger partial charge in [-0.1, -0.05) is 24.4 Å². The number of rotatable bonds is 3. The first kappa shape index (κ1) is 14.2. The van der Waals surface area contributed by atoms with Crippen LogP contribution in [0.1, 0.15) is 25.7 Å². The van der Waals surface area contributed by atoms with Crippen molar-refractivity contribution in [3.63, 3.8) is 0 Å². The molecule has 1 aliphatic carbocycles. The fourth-order valence-corrected chi connectivity index (χ4v) is 2.61. The lowest BCUT2D eigenvalue weighted by Gasteiger charge is -2.30. The van der Waals surface area contributed by atoms with Crippen LogP contribution in [0.25, 0.3) is 0 Å². The highest BCUT2D eigenvalue weighted by atomic mass is 35.5. The molecule has 0 saturated heterocycles. The molecule has 0 spiro atoms. The van der Waals surface area contributed by atoms with Crippen molar-refractivity contribution in [3.8, 4) is 0 Å². The molecule has 0 aliphatic heterocycles. The maximum Gasteiger partial charge on any atom is 0.319 e. The Balaban J connectivity index is 1.88. The number of anilines is 1. The SMILES string of the molecule is O=C(Nc1ccc(Cl)cc1)NC1CCCCC1CO. The number of benzene rings is 1. The van der Waals surface area contributed by atoms with Crippen molar-refractivity contribution in [2.45, 2.75) is 31.7 Å². The first-order valence-electron chi connectivity index (χ1n) is 6.63. The third-order valence-corrected chi connectivity index (χ3v) is 3.81. The second-order valence-electron chi connectivity index (χ2n) is 4.94. The lowest BCUT2D eigenvalue weighted by atomic mass is 9.85. The van der Waals surface area contributed by atoms with Gasteiger partial charge in [0.05, 0.1) is 0 Å². The number of carbonyl (C=O) groups excluding carboxylic acids is 1. The molecule has 2 rings (SSSR count). The summed E-state index contributed by atoms with van der Waals surface area (Å²) in [5.74, 6) is 0.171. The molecule has 104 valence electrons. The van der Waals surface area contributed by atoms with E-state index in [9.17, 15) is 9.90 Å². The van der Waals surface area contributed by atoms with Crippen LogP contribution in [0.15, 0.2) is 24.3 Å². The van der Waals surface area contributed by atoms with Gasteiger partial charge in [0.25, 0.3) is 0 Å². The number of urea groups is 1. The first-order chi connectivity index (χ1) is 9.19. The van der Waals surface area contributed by atoms with Crippen LogP contribution in [0.5, 0.6) is 0 Å². The van der Waals surface area contributed by atoms with E-state index >= 15 is 0 Å². The standard InChI is InChI=1S/C14H19ClN2O2/c15-11-5-7-12(8-6-11)16-14(19)17-13-4-2-1-3-10(13)9-18/h5-8,10,13,18H,1-4,9H2,(H2,16,17,19). The molecule has 2 amide bonds. The number of carbonyl (C=O) groups is 1. The minimum atomic E-state index is -0.229. The summed E-state index contributed by atoms with van der Waals surface area (Å²) in [5, 5.41) is 15.7. The normalized spacial score (nSPS) is 22.8. The molecule has 1 aliphatic rings. The van der Waals surface area contributed by atoms with Gasteiger partial charge < -0.3 is 15.7 Å². The Hall–Kier alpha value is -1.26. The summed E-state index contributed by atoms with van der Waals surface area (Å²) in [5.41, 5.74) is 0.707. The van der Waals surface area contributed by atoms with Crippen LogP contribution >= 0.6 is 11.6 Å². The van der Waals surface area contributed by atoms with Crippen molar-refractivity contribution in [2.75, 3.05) is 11.9 Å². The third kappa shape index (κ3) is 4.11. The molecule has 1 aromatic carbocycles. The van der Waals surface area contributed by atoms with Gasteiger partial charge >= 0.3 is 6.03 Å². The lowest BCUT2D eigenvalue weighted by molar-refractivity contribution is 0.156. The van der Waals surface area contributed by atoms with Crippen LogP contribution in [-0.4, -0.2) is 23.8 Å². The van der Waals surface area contributed by atoms with E-state index < -0.39 is 0 Å². The number of nitrogens with one attached hydrogen (secondary N) is 2. The molecule has 0 radical (unpaired) electrons. The zero-order chi connectivity index (χ0) is 13.7. The van der Waals surface area contributed by atoms with E-state index in [1.165, 1.54) is 0 Å². The van der Waals surface area contributed by atoms with E-state index in [-0.39, 0.29) is 24.6 Å². The minimum absolute atomic E-state index is 0.0612. The predicted octanol–water partition coefficient (Wildman–Crippen LogP) is 3.01. The molecule has 0 bridgehead atoms. The minimum Gasteiger partial charge on any atom is -0.396 e. The fraction of sp³-hybridized carbons (Fsp3) is 0.500. The number of hydrogen-bond donors (Lipinski definition) is 3. The molecule has 0 heterocycles. The monoisotopic (exact) mass is 282 g/mol. The molecule has 2 atom stereocenters. The Morgan fingerprint density at radius 3 is 2.63 bits per heavy atom. The van der Waals surface area contributed by atoms with Gasteiger partial charge in [-0.15, -0.1) is 0 Å². The van der Waals surface area contributed by atoms with Gasteiger partial charge in [0.15, 0.2) is 0 Å². The number of hydrogen-bond acceptors (Lipinski definition) is 2. The predicted molar refractivity (Wildman–Crippen MR) is 76.4 cm³/mol. The molecular weight excluding hydrogens is 264 g/mol. The molecule has 1 saturated carbocycles. The average molecular weight is 283 g/mol. The van der Waals surface area contributed by atoms with E-state index in [0.29, 0.717) is 10.7 Å². The van der Waals surface area contributed by atoms with Gasteiger partial charge in [-0.05, 0) is 37.1 Å². The van der Waals surface area contributed by atoms with Gasteiger partial charge in [-0.3, -0.25) is 0 Å². The van der Waals surface area contributed by atoms with Gasteiger partial charge in [0.2, 0.25) is 0 Å². The van der Waals surface area contributed by atoms with Gasteiger partial charge in [0.1, 0.15) is 0 Å². The summed E-state index contributed by atoms with van der Waals surface area (Å²) in [6.07, 6.45) is 4.13. The summed E-state index contributed by atoms with van der Waals surface area (Å²) >= 11 is 5.79. The Morgan fingerprint density at radius 1 is 1.26 bits per heavy atom. The Morgan fingerprint density at radius 2 is 1.95 bits per heavy atom. The summed E-state index contributed by atoms with van der Waals surface area (Å²) in [6.45, 7) is 0.131. The summed E-state index contributed by atoms with van der Waals surface area (Å²) in [6, 6.07) is 6.81. The summed E-state index contributed by atoms with van der Waals surface area (Å²) < 4.78 is 0. The molecule has 5 heteroatoms. The number of aliphatic hydroxyl groups is 1. The van der Waals surface area contributed by atoms with Crippen LogP contribution in [0.3, 0.4) is 0 Å². The van der Waals surface area contributed by atoms with E-state index in [0.717, 1.165) is 25.7 Å². The van der Waals surface area contributed by atoms with Crippen molar-refractivity contribution in [1.82, 2.24) is 5.32 Å². The highest BCUT2D eigenvalue weighted by molar-refractivity contribution is 6.30. The van der Waals surface area contributed by atoms with Crippen LogP contribution in [-0.2, 0) is 0 Å². The van der Waals surface area contributed by atoms with Crippen molar-refractivity contribution >= 4 is 23.3 Å². The molecule has 19 heavy (non-hydrogen) atoms. The van der Waals surface area contributed by atoms with Crippen LogP contribution in [0, 0.1) is 5.92 Å². The Labute approximate surface area is 118 Å². The number of aliphatic hydroxyl groups excluding tert-OH is 1. The van der Waals surface area contributed by atoms with Crippen molar-refractivity contribution in [2.24, 2.45) is 5.92 Å². The van der Waals surface area contributed by atoms with Gasteiger partial charge in [-0.2, -0.15) is 0 Å². The zero-order valence-corrected chi connectivity index (χ0v) is 11.5. The van der Waals surface area contributed by atoms with E-state index in [1.807, 2.05) is 0 Å². The van der Waals surface area contributed by atoms with Crippen LogP contribution in [0.4, 0.5) is 10.5 Å². The van der Waals surface area contributed by atoms with Gasteiger partial charge in [-0.25, -0.2) is 4.79 Å². The summed E-state index contributed by atoms with van der Waals surface area (Å²) in [4.78, 5) is 11.9. The zero-order valence-electron chi connectivity index (χ0n) is 10.7. The van der Waals surface area contributed by atoms with E-state index in [2.05, 4.69) is 10.6 Å². The Bertz CT molecular complexity index is 422. The van der Waals surface area contributed by atoms with E-state index in [1.54, 1.807) is 24.3 Å². The number of halogens is 1. The third-order valence-electron chi connectivity index (χ3n) is 3.56. The topological polar surface area (TPSA) is 61.4 Å². The molecule has 0 aromatic heterocycles. The molecule has 1 aromatic rings. The molecule has 1 fully saturated rings. The Kier molecular flexibility index (Phi) is 5.05. The maximum absolute atomic E-state index is 11.9. The van der Waals surface area contributed by atoms with Crippen molar-refractivity contribution < 1.29 is 9.90 Å². The highest BCUT2D eigenvalue weighted by Crippen LogP contribution is 2.24. The summed E-state index contributed by atoms with van der Waals surface area (Å²) in [7, 11) is 0. The second-order valence-corrected chi connectivity index (χ2v) is 5.38. The number of amides is 2. The van der Waals surface area contributed by atoms with Gasteiger partial charge in [0, 0.05) is 29.3 Å². The second kappa shape index (κ2) is 6.78. The average Bonchev–Trinajstić information content (AvgIpc) is 2.42.